The minimum Gasteiger partial charge on any atom is -0.406 e. The van der Waals surface area contributed by atoms with Crippen LogP contribution in [0.25, 0.3) is 0 Å². The number of carbonyl (C=O) groups is 1. The molecular formula is C15H16N6O2S. The molecular weight excluding hydrogens is 328 g/mol. The van der Waals surface area contributed by atoms with Crippen molar-refractivity contribution in [2.75, 3.05) is 12.4 Å². The summed E-state index contributed by atoms with van der Waals surface area (Å²) in [7, 11) is 1.45. The van der Waals surface area contributed by atoms with Crippen LogP contribution in [0.15, 0.2) is 36.7 Å². The third kappa shape index (κ3) is 4.71. The SMILES string of the molecule is CNC(=O)Oc1cccnc1NC(=S)NC(=N)c1cc(C)ccn1. The van der Waals surface area contributed by atoms with Gasteiger partial charge in [0.05, 0.1) is 0 Å². The molecule has 2 aromatic heterocycles. The number of aromatic nitrogens is 2. The number of carbonyl (C=O) groups excluding carboxylic acids is 1. The van der Waals surface area contributed by atoms with Crippen LogP contribution < -0.4 is 20.7 Å². The first-order valence-electron chi connectivity index (χ1n) is 6.93. The third-order valence-electron chi connectivity index (χ3n) is 2.82. The maximum Gasteiger partial charge on any atom is 0.412 e. The fourth-order valence-corrected chi connectivity index (χ4v) is 1.91. The zero-order chi connectivity index (χ0) is 17.5. The van der Waals surface area contributed by atoms with Gasteiger partial charge in [0, 0.05) is 19.4 Å². The molecule has 0 unspecified atom stereocenters. The lowest BCUT2D eigenvalue weighted by Gasteiger charge is -2.13. The second-order valence-electron chi connectivity index (χ2n) is 4.66. The van der Waals surface area contributed by atoms with Gasteiger partial charge in [-0.25, -0.2) is 9.78 Å². The largest absolute Gasteiger partial charge is 0.412 e. The number of amidine groups is 1. The van der Waals surface area contributed by atoms with Crippen molar-refractivity contribution < 1.29 is 9.53 Å². The van der Waals surface area contributed by atoms with Gasteiger partial charge in [-0.05, 0) is 49.0 Å². The molecule has 0 aliphatic carbocycles. The monoisotopic (exact) mass is 344 g/mol. The average Bonchev–Trinajstić information content (AvgIpc) is 2.56. The van der Waals surface area contributed by atoms with Crippen molar-refractivity contribution >= 4 is 35.1 Å². The van der Waals surface area contributed by atoms with Gasteiger partial charge < -0.3 is 20.7 Å². The van der Waals surface area contributed by atoms with Gasteiger partial charge in [-0.3, -0.25) is 10.4 Å². The van der Waals surface area contributed by atoms with E-state index in [1.807, 2.05) is 13.0 Å². The number of rotatable bonds is 3. The predicted molar refractivity (Wildman–Crippen MR) is 94.5 cm³/mol. The van der Waals surface area contributed by atoms with Gasteiger partial charge >= 0.3 is 6.09 Å². The molecule has 0 aliphatic rings. The molecule has 0 bridgehead atoms. The first-order valence-corrected chi connectivity index (χ1v) is 7.34. The molecule has 0 spiro atoms. The van der Waals surface area contributed by atoms with Crippen LogP contribution in [0, 0.1) is 12.3 Å². The van der Waals surface area contributed by atoms with E-state index in [0.29, 0.717) is 5.69 Å². The fraction of sp³-hybridized carbons (Fsp3) is 0.133. The number of pyridine rings is 2. The first kappa shape index (κ1) is 17.3. The van der Waals surface area contributed by atoms with Gasteiger partial charge in [0.15, 0.2) is 22.5 Å². The van der Waals surface area contributed by atoms with Crippen LogP contribution in [0.5, 0.6) is 5.75 Å². The molecule has 0 saturated carbocycles. The van der Waals surface area contributed by atoms with Gasteiger partial charge in [0.25, 0.3) is 0 Å². The highest BCUT2D eigenvalue weighted by atomic mass is 32.1. The van der Waals surface area contributed by atoms with Gasteiger partial charge in [-0.15, -0.1) is 0 Å². The van der Waals surface area contributed by atoms with Crippen LogP contribution in [0.1, 0.15) is 11.3 Å². The zero-order valence-corrected chi connectivity index (χ0v) is 13.9. The van der Waals surface area contributed by atoms with Crippen LogP contribution >= 0.6 is 12.2 Å². The Morgan fingerprint density at radius 3 is 2.79 bits per heavy atom. The minimum atomic E-state index is -0.623. The number of nitrogens with zero attached hydrogens (tertiary/aromatic N) is 2. The van der Waals surface area contributed by atoms with Crippen molar-refractivity contribution in [3.8, 4) is 5.75 Å². The summed E-state index contributed by atoms with van der Waals surface area (Å²) in [6.45, 7) is 1.91. The molecule has 9 heteroatoms. The summed E-state index contributed by atoms with van der Waals surface area (Å²) >= 11 is 5.16. The highest BCUT2D eigenvalue weighted by molar-refractivity contribution is 7.80. The molecule has 4 N–H and O–H groups in total. The Kier molecular flexibility index (Phi) is 5.74. The van der Waals surface area contributed by atoms with Crippen LogP contribution in [0.3, 0.4) is 0 Å². The van der Waals surface area contributed by atoms with E-state index in [9.17, 15) is 4.79 Å². The maximum absolute atomic E-state index is 11.3. The molecule has 0 atom stereocenters. The number of amides is 1. The Morgan fingerprint density at radius 2 is 2.08 bits per heavy atom. The van der Waals surface area contributed by atoms with Gasteiger partial charge in [-0.1, -0.05) is 0 Å². The topological polar surface area (TPSA) is 112 Å². The van der Waals surface area contributed by atoms with Crippen molar-refractivity contribution in [2.24, 2.45) is 0 Å². The molecule has 2 rings (SSSR count). The summed E-state index contributed by atoms with van der Waals surface area (Å²) in [5.41, 5.74) is 1.44. The number of aryl methyl sites for hydroxylation is 1. The number of ether oxygens (including phenoxy) is 1. The molecule has 24 heavy (non-hydrogen) atoms. The van der Waals surface area contributed by atoms with Gasteiger partial charge in [-0.2, -0.15) is 0 Å². The lowest BCUT2D eigenvalue weighted by Crippen LogP contribution is -2.35. The molecule has 1 amide bonds. The van der Waals surface area contributed by atoms with Crippen LogP contribution in [0.2, 0.25) is 0 Å². The van der Waals surface area contributed by atoms with E-state index in [0.717, 1.165) is 5.56 Å². The van der Waals surface area contributed by atoms with Crippen molar-refractivity contribution in [3.63, 3.8) is 0 Å². The lowest BCUT2D eigenvalue weighted by atomic mass is 10.2. The molecule has 0 fully saturated rings. The van der Waals surface area contributed by atoms with Crippen LogP contribution in [0.4, 0.5) is 10.6 Å². The summed E-state index contributed by atoms with van der Waals surface area (Å²) in [5, 5.41) is 16.0. The predicted octanol–water partition coefficient (Wildman–Crippen LogP) is 1.82. The Labute approximate surface area is 144 Å². The van der Waals surface area contributed by atoms with Crippen molar-refractivity contribution in [1.29, 1.82) is 5.41 Å². The smallest absolute Gasteiger partial charge is 0.406 e. The Balaban J connectivity index is 2.05. The quantitative estimate of drug-likeness (QED) is 0.382. The Hall–Kier alpha value is -3.07. The number of hydrogen-bond donors (Lipinski definition) is 4. The Bertz CT molecular complexity index is 780. The fourth-order valence-electron chi connectivity index (χ4n) is 1.71. The summed E-state index contributed by atoms with van der Waals surface area (Å²) in [6.07, 6.45) is 2.52. The van der Waals surface area contributed by atoms with Crippen molar-refractivity contribution in [2.45, 2.75) is 6.92 Å². The summed E-state index contributed by atoms with van der Waals surface area (Å²) < 4.78 is 5.07. The van der Waals surface area contributed by atoms with Gasteiger partial charge in [0.1, 0.15) is 5.69 Å². The van der Waals surface area contributed by atoms with Crippen molar-refractivity contribution in [3.05, 3.63) is 47.9 Å². The number of hydrogen-bond acceptors (Lipinski definition) is 6. The molecule has 0 saturated heterocycles. The number of nitrogens with one attached hydrogen (secondary N) is 4. The Morgan fingerprint density at radius 1 is 1.29 bits per heavy atom. The van der Waals surface area contributed by atoms with E-state index >= 15 is 0 Å². The van der Waals surface area contributed by atoms with E-state index < -0.39 is 6.09 Å². The maximum atomic E-state index is 11.3. The van der Waals surface area contributed by atoms with E-state index in [1.165, 1.54) is 13.2 Å². The van der Waals surface area contributed by atoms with Crippen LogP contribution in [-0.4, -0.2) is 34.1 Å². The normalized spacial score (nSPS) is 9.75. The molecule has 0 aromatic carbocycles. The third-order valence-corrected chi connectivity index (χ3v) is 3.02. The summed E-state index contributed by atoms with van der Waals surface area (Å²) in [4.78, 5) is 19.5. The number of anilines is 1. The summed E-state index contributed by atoms with van der Waals surface area (Å²) in [5.74, 6) is 0.505. The van der Waals surface area contributed by atoms with E-state index in [4.69, 9.17) is 22.4 Å². The van der Waals surface area contributed by atoms with Crippen LogP contribution in [-0.2, 0) is 0 Å². The molecule has 0 aliphatic heterocycles. The second-order valence-corrected chi connectivity index (χ2v) is 5.07. The molecule has 2 aromatic rings. The standard InChI is InChI=1S/C15H16N6O2S/c1-9-5-7-18-10(8-9)12(16)20-14(24)21-13-11(4-3-6-19-13)23-15(22)17-2/h3-8H,1-2H3,(H,17,22)(H3,16,19,20,21,24). The zero-order valence-electron chi connectivity index (χ0n) is 13.1. The molecule has 2 heterocycles. The van der Waals surface area contributed by atoms with E-state index in [2.05, 4.69) is 25.9 Å². The van der Waals surface area contributed by atoms with Gasteiger partial charge in [0.2, 0.25) is 0 Å². The molecule has 124 valence electrons. The van der Waals surface area contributed by atoms with Crippen molar-refractivity contribution in [1.82, 2.24) is 20.6 Å². The number of thiocarbonyl (C=S) groups is 1. The van der Waals surface area contributed by atoms with E-state index in [1.54, 1.807) is 24.4 Å². The highest BCUT2D eigenvalue weighted by Crippen LogP contribution is 2.20. The average molecular weight is 344 g/mol. The minimum absolute atomic E-state index is 0.0425. The lowest BCUT2D eigenvalue weighted by molar-refractivity contribution is 0.203. The molecule has 8 nitrogen and oxygen atoms in total. The molecule has 0 radical (unpaired) electrons. The van der Waals surface area contributed by atoms with E-state index in [-0.39, 0.29) is 22.5 Å². The summed E-state index contributed by atoms with van der Waals surface area (Å²) in [6, 6.07) is 6.79. The first-order chi connectivity index (χ1) is 11.5. The highest BCUT2D eigenvalue weighted by Gasteiger charge is 2.11. The second kappa shape index (κ2) is 7.97.